The molecule has 0 bridgehead atoms. The van der Waals surface area contributed by atoms with Crippen molar-refractivity contribution in [1.29, 1.82) is 0 Å². The Bertz CT molecular complexity index is 586. The van der Waals surface area contributed by atoms with Gasteiger partial charge >= 0.3 is 0 Å². The fraction of sp³-hybridized carbons (Fsp3) is 0.375. The Morgan fingerprint density at radius 1 is 1.16 bits per heavy atom. The number of aromatic nitrogens is 2. The number of rotatable bonds is 2. The zero-order valence-corrected chi connectivity index (χ0v) is 11.5. The van der Waals surface area contributed by atoms with E-state index in [1.54, 1.807) is 0 Å². The van der Waals surface area contributed by atoms with Gasteiger partial charge in [-0.2, -0.15) is 0 Å². The van der Waals surface area contributed by atoms with Crippen molar-refractivity contribution in [2.45, 2.75) is 32.7 Å². The van der Waals surface area contributed by atoms with Gasteiger partial charge in [0.1, 0.15) is 5.82 Å². The Hall–Kier alpha value is -1.74. The predicted molar refractivity (Wildman–Crippen MR) is 76.9 cm³/mol. The van der Waals surface area contributed by atoms with Crippen molar-refractivity contribution < 1.29 is 0 Å². The van der Waals surface area contributed by atoms with Crippen LogP contribution in [0.1, 0.15) is 36.0 Å². The smallest absolute Gasteiger partial charge is 0.146 e. The number of hydrogen-bond donors (Lipinski definition) is 1. The molecule has 1 atom stereocenters. The molecule has 2 heterocycles. The Balaban J connectivity index is 2.01. The zero-order valence-electron chi connectivity index (χ0n) is 11.5. The summed E-state index contributed by atoms with van der Waals surface area (Å²) in [5.41, 5.74) is 4.49. The van der Waals surface area contributed by atoms with E-state index in [-0.39, 0.29) is 0 Å². The van der Waals surface area contributed by atoms with Crippen molar-refractivity contribution in [3.05, 3.63) is 47.4 Å². The quantitative estimate of drug-likeness (QED) is 0.893. The lowest BCUT2D eigenvalue weighted by atomic mass is 10.1. The number of aryl methyl sites for hydroxylation is 2. The van der Waals surface area contributed by atoms with E-state index in [1.807, 2.05) is 6.92 Å². The highest BCUT2D eigenvalue weighted by atomic mass is 15.0. The summed E-state index contributed by atoms with van der Waals surface area (Å²) in [7, 11) is 0. The Labute approximate surface area is 114 Å². The van der Waals surface area contributed by atoms with E-state index in [0.717, 1.165) is 30.2 Å². The molecular formula is C16H19N3. The van der Waals surface area contributed by atoms with E-state index >= 15 is 0 Å². The minimum absolute atomic E-state index is 0.323. The monoisotopic (exact) mass is 253 g/mol. The van der Waals surface area contributed by atoms with E-state index in [9.17, 15) is 0 Å². The Morgan fingerprint density at radius 2 is 2.05 bits per heavy atom. The molecule has 0 saturated carbocycles. The van der Waals surface area contributed by atoms with E-state index in [2.05, 4.69) is 47.6 Å². The van der Waals surface area contributed by atoms with Crippen LogP contribution in [0.5, 0.6) is 0 Å². The predicted octanol–water partition coefficient (Wildman–Crippen LogP) is 3.18. The summed E-state index contributed by atoms with van der Waals surface area (Å²) >= 11 is 0. The van der Waals surface area contributed by atoms with Gasteiger partial charge in [0.2, 0.25) is 0 Å². The van der Waals surface area contributed by atoms with E-state index in [1.165, 1.54) is 17.5 Å². The minimum Gasteiger partial charge on any atom is -0.307 e. The molecule has 1 N–H and O–H groups in total. The first-order valence-electron chi connectivity index (χ1n) is 6.88. The van der Waals surface area contributed by atoms with Crippen LogP contribution in [0.4, 0.5) is 0 Å². The summed E-state index contributed by atoms with van der Waals surface area (Å²) in [4.78, 5) is 9.34. The molecule has 1 aromatic carbocycles. The van der Waals surface area contributed by atoms with Crippen LogP contribution >= 0.6 is 0 Å². The SMILES string of the molecule is Cc1cccc(-c2cc(C)nc(C3CCCN3)n2)c1. The average Bonchev–Trinajstić information content (AvgIpc) is 2.92. The van der Waals surface area contributed by atoms with Crippen LogP contribution in [-0.2, 0) is 0 Å². The standard InChI is InChI=1S/C16H19N3/c1-11-5-3-6-13(9-11)15-10-12(2)18-16(19-15)14-7-4-8-17-14/h3,5-6,9-10,14,17H,4,7-8H2,1-2H3. The highest BCUT2D eigenvalue weighted by molar-refractivity contribution is 5.60. The van der Waals surface area contributed by atoms with Gasteiger partial charge in [0, 0.05) is 11.3 Å². The van der Waals surface area contributed by atoms with Gasteiger partial charge in [0.25, 0.3) is 0 Å². The van der Waals surface area contributed by atoms with Crippen LogP contribution < -0.4 is 5.32 Å². The molecule has 3 rings (SSSR count). The topological polar surface area (TPSA) is 37.8 Å². The summed E-state index contributed by atoms with van der Waals surface area (Å²) in [5, 5.41) is 3.47. The van der Waals surface area contributed by atoms with Crippen LogP contribution in [0.2, 0.25) is 0 Å². The van der Waals surface area contributed by atoms with Gasteiger partial charge in [-0.05, 0) is 45.4 Å². The fourth-order valence-corrected chi connectivity index (χ4v) is 2.60. The molecule has 1 aromatic heterocycles. The highest BCUT2D eigenvalue weighted by Gasteiger charge is 2.19. The summed E-state index contributed by atoms with van der Waals surface area (Å²) in [6.45, 7) is 5.22. The molecule has 2 aromatic rings. The maximum Gasteiger partial charge on any atom is 0.146 e. The number of nitrogens with zero attached hydrogens (tertiary/aromatic N) is 2. The molecule has 1 unspecified atom stereocenters. The van der Waals surface area contributed by atoms with Gasteiger partial charge in [-0.1, -0.05) is 23.8 Å². The summed E-state index contributed by atoms with van der Waals surface area (Å²) < 4.78 is 0. The van der Waals surface area contributed by atoms with Gasteiger partial charge in [-0.3, -0.25) is 0 Å². The molecule has 1 fully saturated rings. The molecule has 98 valence electrons. The van der Waals surface area contributed by atoms with E-state index < -0.39 is 0 Å². The summed E-state index contributed by atoms with van der Waals surface area (Å²) in [5.74, 6) is 0.939. The van der Waals surface area contributed by atoms with Crippen LogP contribution in [0.25, 0.3) is 11.3 Å². The van der Waals surface area contributed by atoms with Gasteiger partial charge in [0.05, 0.1) is 11.7 Å². The largest absolute Gasteiger partial charge is 0.307 e. The molecular weight excluding hydrogens is 234 g/mol. The van der Waals surface area contributed by atoms with Gasteiger partial charge < -0.3 is 5.32 Å². The molecule has 1 saturated heterocycles. The number of benzene rings is 1. The number of nitrogens with one attached hydrogen (secondary N) is 1. The first-order chi connectivity index (χ1) is 9.22. The Morgan fingerprint density at radius 3 is 2.79 bits per heavy atom. The van der Waals surface area contributed by atoms with E-state index in [0.29, 0.717) is 6.04 Å². The van der Waals surface area contributed by atoms with E-state index in [4.69, 9.17) is 4.98 Å². The second-order valence-electron chi connectivity index (χ2n) is 5.27. The summed E-state index contributed by atoms with van der Waals surface area (Å²) in [6, 6.07) is 10.9. The minimum atomic E-state index is 0.323. The molecule has 0 spiro atoms. The van der Waals surface area contributed by atoms with Crippen LogP contribution in [0.15, 0.2) is 30.3 Å². The van der Waals surface area contributed by atoms with Crippen LogP contribution in [0, 0.1) is 13.8 Å². The third kappa shape index (κ3) is 2.66. The highest BCUT2D eigenvalue weighted by Crippen LogP contribution is 2.24. The second-order valence-corrected chi connectivity index (χ2v) is 5.27. The van der Waals surface area contributed by atoms with Crippen molar-refractivity contribution in [2.24, 2.45) is 0 Å². The lowest BCUT2D eigenvalue weighted by Gasteiger charge is -2.11. The molecule has 0 aliphatic carbocycles. The van der Waals surface area contributed by atoms with Crippen molar-refractivity contribution in [2.75, 3.05) is 6.54 Å². The fourth-order valence-electron chi connectivity index (χ4n) is 2.60. The first-order valence-corrected chi connectivity index (χ1v) is 6.88. The third-order valence-corrected chi connectivity index (χ3v) is 3.56. The second kappa shape index (κ2) is 5.10. The Kier molecular flexibility index (Phi) is 3.30. The van der Waals surface area contributed by atoms with Crippen molar-refractivity contribution in [1.82, 2.24) is 15.3 Å². The maximum atomic E-state index is 4.75. The lowest BCUT2D eigenvalue weighted by Crippen LogP contribution is -2.16. The molecule has 0 amide bonds. The lowest BCUT2D eigenvalue weighted by molar-refractivity contribution is 0.603. The van der Waals surface area contributed by atoms with Crippen molar-refractivity contribution >= 4 is 0 Å². The molecule has 19 heavy (non-hydrogen) atoms. The normalized spacial score (nSPS) is 18.7. The van der Waals surface area contributed by atoms with Crippen LogP contribution in [-0.4, -0.2) is 16.5 Å². The van der Waals surface area contributed by atoms with Crippen molar-refractivity contribution in [3.63, 3.8) is 0 Å². The molecule has 3 heteroatoms. The zero-order chi connectivity index (χ0) is 13.2. The van der Waals surface area contributed by atoms with Crippen LogP contribution in [0.3, 0.4) is 0 Å². The molecule has 1 aliphatic rings. The summed E-state index contributed by atoms with van der Waals surface area (Å²) in [6.07, 6.45) is 2.35. The first kappa shape index (κ1) is 12.3. The molecule has 3 nitrogen and oxygen atoms in total. The van der Waals surface area contributed by atoms with Gasteiger partial charge in [-0.15, -0.1) is 0 Å². The molecule has 0 radical (unpaired) electrons. The number of hydrogen-bond acceptors (Lipinski definition) is 3. The third-order valence-electron chi connectivity index (χ3n) is 3.56. The maximum absolute atomic E-state index is 4.75. The van der Waals surface area contributed by atoms with Crippen molar-refractivity contribution in [3.8, 4) is 11.3 Å². The van der Waals surface area contributed by atoms with Gasteiger partial charge in [0.15, 0.2) is 0 Å². The average molecular weight is 253 g/mol. The molecule has 1 aliphatic heterocycles. The van der Waals surface area contributed by atoms with Gasteiger partial charge in [-0.25, -0.2) is 9.97 Å².